The number of carboxylic acids is 1. The molecule has 1 rings (SSSR count). The molecule has 0 aromatic carbocycles. The van der Waals surface area contributed by atoms with Crippen LogP contribution >= 0.6 is 0 Å². The lowest BCUT2D eigenvalue weighted by molar-refractivity contribution is -0.147. The summed E-state index contributed by atoms with van der Waals surface area (Å²) in [5.41, 5.74) is 0. The smallest absolute Gasteiger partial charge is 0.306 e. The number of hydrogen-bond donors (Lipinski definition) is 2. The molecule has 31 heavy (non-hydrogen) atoms. The maximum Gasteiger partial charge on any atom is 0.306 e. The third-order valence-corrected chi connectivity index (χ3v) is 5.57. The number of allylic oxidation sites excluding steroid dienone is 5. The molecule has 0 heterocycles. The number of aliphatic carboxylic acids is 1. The largest absolute Gasteiger partial charge is 0.481 e. The Hall–Kier alpha value is -2.21. The number of unbranched alkanes of at least 4 members (excludes halogenated alkanes) is 3. The lowest BCUT2D eigenvalue weighted by Gasteiger charge is -2.17. The lowest BCUT2D eigenvalue weighted by atomic mass is 9.89. The average molecular weight is 435 g/mol. The van der Waals surface area contributed by atoms with E-state index in [1.807, 2.05) is 30.4 Å². The molecule has 0 radical (unpaired) electrons. The number of ether oxygens (including phenoxy) is 1. The minimum atomic E-state index is -1.01. The van der Waals surface area contributed by atoms with Gasteiger partial charge < -0.3 is 14.9 Å². The van der Waals surface area contributed by atoms with Crippen molar-refractivity contribution in [3.63, 3.8) is 0 Å². The van der Waals surface area contributed by atoms with Crippen molar-refractivity contribution < 1.29 is 29.3 Å². The molecule has 2 N–H and O–H groups in total. The van der Waals surface area contributed by atoms with Gasteiger partial charge in [0.2, 0.25) is 0 Å². The summed E-state index contributed by atoms with van der Waals surface area (Å²) >= 11 is 0. The first-order valence-electron chi connectivity index (χ1n) is 11.5. The molecule has 6 heteroatoms. The van der Waals surface area contributed by atoms with Crippen molar-refractivity contribution in [2.45, 2.75) is 77.7 Å². The number of esters is 1. The summed E-state index contributed by atoms with van der Waals surface area (Å²) in [5.74, 6) is -1.23. The summed E-state index contributed by atoms with van der Waals surface area (Å²) < 4.78 is 4.99. The first-order valence-corrected chi connectivity index (χ1v) is 11.5. The Kier molecular flexibility index (Phi) is 13.5. The summed E-state index contributed by atoms with van der Waals surface area (Å²) in [6.07, 6.45) is 16.9. The molecule has 0 saturated heterocycles. The van der Waals surface area contributed by atoms with Crippen molar-refractivity contribution in [2.75, 3.05) is 6.61 Å². The van der Waals surface area contributed by atoms with Crippen molar-refractivity contribution in [3.8, 4) is 0 Å². The van der Waals surface area contributed by atoms with Crippen molar-refractivity contribution >= 4 is 17.7 Å². The van der Waals surface area contributed by atoms with E-state index in [0.29, 0.717) is 19.4 Å². The number of hydrogen-bond acceptors (Lipinski definition) is 5. The normalized spacial score (nSPS) is 20.5. The van der Waals surface area contributed by atoms with E-state index in [2.05, 4.69) is 13.8 Å². The Balaban J connectivity index is 2.27. The summed E-state index contributed by atoms with van der Waals surface area (Å²) in [6.45, 7) is 4.49. The topological polar surface area (TPSA) is 101 Å². The second-order valence-corrected chi connectivity index (χ2v) is 8.26. The van der Waals surface area contributed by atoms with E-state index in [4.69, 9.17) is 9.84 Å². The number of carbonyl (C=O) groups is 3. The monoisotopic (exact) mass is 434 g/mol. The molecular weight excluding hydrogens is 396 g/mol. The number of rotatable bonds is 16. The Morgan fingerprint density at radius 1 is 1.19 bits per heavy atom. The zero-order chi connectivity index (χ0) is 23.1. The minimum Gasteiger partial charge on any atom is -0.481 e. The molecule has 0 fully saturated rings. The second-order valence-electron chi connectivity index (χ2n) is 8.26. The summed E-state index contributed by atoms with van der Waals surface area (Å²) in [5, 5.41) is 18.8. The summed E-state index contributed by atoms with van der Waals surface area (Å²) in [6, 6.07) is 0. The number of ketones is 1. The highest BCUT2D eigenvalue weighted by Crippen LogP contribution is 2.28. The zero-order valence-electron chi connectivity index (χ0n) is 18.9. The molecule has 1 aliphatic rings. The van der Waals surface area contributed by atoms with Gasteiger partial charge in [0.1, 0.15) is 0 Å². The highest BCUT2D eigenvalue weighted by molar-refractivity contribution is 5.95. The maximum absolute atomic E-state index is 12.2. The van der Waals surface area contributed by atoms with Crippen LogP contribution in [0.5, 0.6) is 0 Å². The van der Waals surface area contributed by atoms with Crippen molar-refractivity contribution in [2.24, 2.45) is 17.8 Å². The lowest BCUT2D eigenvalue weighted by Crippen LogP contribution is -2.17. The molecule has 0 aliphatic heterocycles. The van der Waals surface area contributed by atoms with Gasteiger partial charge >= 0.3 is 11.9 Å². The number of carboxylic acid groups (broad SMARTS) is 1. The van der Waals surface area contributed by atoms with E-state index in [9.17, 15) is 19.5 Å². The van der Waals surface area contributed by atoms with E-state index in [1.165, 1.54) is 0 Å². The predicted molar refractivity (Wildman–Crippen MR) is 120 cm³/mol. The van der Waals surface area contributed by atoms with Gasteiger partial charge in [-0.2, -0.15) is 0 Å². The Morgan fingerprint density at radius 2 is 1.97 bits per heavy atom. The Labute approximate surface area is 186 Å². The highest BCUT2D eigenvalue weighted by Gasteiger charge is 2.27. The van der Waals surface area contributed by atoms with Gasteiger partial charge in [0, 0.05) is 11.8 Å². The van der Waals surface area contributed by atoms with E-state index in [0.717, 1.165) is 32.1 Å². The molecule has 0 bridgehead atoms. The first-order chi connectivity index (χ1) is 14.8. The van der Waals surface area contributed by atoms with Crippen LogP contribution in [-0.4, -0.2) is 40.6 Å². The third-order valence-electron chi connectivity index (χ3n) is 5.57. The third kappa shape index (κ3) is 11.7. The first kappa shape index (κ1) is 26.8. The van der Waals surface area contributed by atoms with Crippen LogP contribution in [0.3, 0.4) is 0 Å². The Morgan fingerprint density at radius 3 is 2.68 bits per heavy atom. The maximum atomic E-state index is 12.2. The molecule has 0 amide bonds. The van der Waals surface area contributed by atoms with Crippen molar-refractivity contribution in [3.05, 3.63) is 36.5 Å². The molecule has 6 nitrogen and oxygen atoms in total. The van der Waals surface area contributed by atoms with Gasteiger partial charge in [0.15, 0.2) is 5.78 Å². The van der Waals surface area contributed by atoms with Crippen LogP contribution < -0.4 is 0 Å². The molecule has 0 aromatic rings. The zero-order valence-corrected chi connectivity index (χ0v) is 18.9. The second kappa shape index (κ2) is 15.6. The minimum absolute atomic E-state index is 0.0235. The molecule has 174 valence electrons. The van der Waals surface area contributed by atoms with Gasteiger partial charge in [-0.3, -0.25) is 14.4 Å². The summed E-state index contributed by atoms with van der Waals surface area (Å²) in [4.78, 5) is 33.9. The molecule has 0 aromatic heterocycles. The van der Waals surface area contributed by atoms with Crippen molar-refractivity contribution in [1.82, 2.24) is 0 Å². The van der Waals surface area contributed by atoms with Gasteiger partial charge in [-0.05, 0) is 44.1 Å². The van der Waals surface area contributed by atoms with Crippen LogP contribution in [-0.2, 0) is 19.1 Å². The van der Waals surface area contributed by atoms with Gasteiger partial charge in [0.05, 0.1) is 25.6 Å². The number of carbonyl (C=O) groups excluding carboxylic acids is 2. The predicted octanol–water partition coefficient (Wildman–Crippen LogP) is 4.63. The Bertz CT molecular complexity index is 648. The van der Waals surface area contributed by atoms with E-state index >= 15 is 0 Å². The van der Waals surface area contributed by atoms with Gasteiger partial charge in [-0.15, -0.1) is 0 Å². The van der Waals surface area contributed by atoms with Crippen LogP contribution in [0.25, 0.3) is 0 Å². The van der Waals surface area contributed by atoms with E-state index in [1.54, 1.807) is 6.08 Å². The van der Waals surface area contributed by atoms with Crippen LogP contribution in [0.2, 0.25) is 0 Å². The quantitative estimate of drug-likeness (QED) is 0.209. The van der Waals surface area contributed by atoms with Crippen LogP contribution in [0, 0.1) is 17.8 Å². The van der Waals surface area contributed by atoms with Gasteiger partial charge in [0.25, 0.3) is 0 Å². The number of aliphatic hydroxyl groups is 1. The standard InChI is InChI=1S/C25H38O6/c1-3-4-10-19(2)22(26)14-12-20-13-15-23(27)21(20)11-8-6-5-7-9-18-31-25(30)17-16-24(28)29/h6,8,12-15,19-22,26H,3-5,7,9-11,16-18H2,1-2H3,(H,28,29)/b8-6-,14-12+/t19?,20-,21+,22+/m0/s1. The van der Waals surface area contributed by atoms with Crippen LogP contribution in [0.15, 0.2) is 36.5 Å². The highest BCUT2D eigenvalue weighted by atomic mass is 16.5. The molecule has 1 unspecified atom stereocenters. The molecule has 0 saturated carbocycles. The molecule has 1 aliphatic carbocycles. The molecular formula is C25H38O6. The average Bonchev–Trinajstić information content (AvgIpc) is 3.09. The van der Waals surface area contributed by atoms with Crippen molar-refractivity contribution in [1.29, 1.82) is 0 Å². The number of aliphatic hydroxyl groups excluding tert-OH is 1. The summed E-state index contributed by atoms with van der Waals surface area (Å²) in [7, 11) is 0. The van der Waals surface area contributed by atoms with Crippen LogP contribution in [0.4, 0.5) is 0 Å². The SMILES string of the molecule is CCCCC(C)[C@H](O)/C=C/[C@H]1C=CC(=O)[C@@H]1C/C=C\CCCCOC(=O)CCC(=O)O. The van der Waals surface area contributed by atoms with Gasteiger partial charge in [-0.1, -0.05) is 57.1 Å². The fraction of sp³-hybridized carbons (Fsp3) is 0.640. The molecule has 4 atom stereocenters. The van der Waals surface area contributed by atoms with E-state index < -0.39 is 18.0 Å². The van der Waals surface area contributed by atoms with Crippen LogP contribution in [0.1, 0.15) is 71.6 Å². The molecule has 0 spiro atoms. The van der Waals surface area contributed by atoms with E-state index in [-0.39, 0.29) is 36.4 Å². The fourth-order valence-corrected chi connectivity index (χ4v) is 3.45. The van der Waals surface area contributed by atoms with Gasteiger partial charge in [-0.25, -0.2) is 0 Å². The fourth-order valence-electron chi connectivity index (χ4n) is 3.45.